The van der Waals surface area contributed by atoms with Crippen LogP contribution in [0.15, 0.2) is 23.8 Å². The molecule has 0 aromatic carbocycles. The zero-order chi connectivity index (χ0) is 26.5. The minimum atomic E-state index is -3.71. The quantitative estimate of drug-likeness (QED) is 0.303. The molecular formula is C26H41O9P. The molecule has 3 rings (SSSR count). The second-order valence-corrected chi connectivity index (χ2v) is 12.2. The van der Waals surface area contributed by atoms with Gasteiger partial charge in [-0.25, -0.2) is 0 Å². The monoisotopic (exact) mass is 528 g/mol. The number of allylic oxidation sites excluding steroid dienone is 2. The predicted octanol–water partition coefficient (Wildman–Crippen LogP) is 3.92. The number of rotatable bonds is 11. The van der Waals surface area contributed by atoms with Gasteiger partial charge in [-0.1, -0.05) is 32.1 Å². The van der Waals surface area contributed by atoms with Crippen LogP contribution in [0.5, 0.6) is 0 Å². The first-order chi connectivity index (χ1) is 17.1. The van der Waals surface area contributed by atoms with Crippen LogP contribution in [0.1, 0.15) is 66.2 Å². The number of hydrogen-bond donors (Lipinski definition) is 2. The van der Waals surface area contributed by atoms with E-state index in [1.807, 2.05) is 6.08 Å². The highest BCUT2D eigenvalue weighted by molar-refractivity contribution is 7.55. The Bertz CT molecular complexity index is 875. The highest BCUT2D eigenvalue weighted by Gasteiger charge is 2.46. The zero-order valence-electron chi connectivity index (χ0n) is 21.7. The number of ether oxygens (including phenoxy) is 2. The van der Waals surface area contributed by atoms with E-state index in [-0.39, 0.29) is 62.3 Å². The fraction of sp³-hybridized carbons (Fsp3) is 0.769. The lowest BCUT2D eigenvalue weighted by Crippen LogP contribution is -2.44. The average molecular weight is 529 g/mol. The molecule has 0 bridgehead atoms. The number of carbonyl (C=O) groups is 2. The molecule has 36 heavy (non-hydrogen) atoms. The Labute approximate surface area is 213 Å². The topological polar surface area (TPSA) is 129 Å². The van der Waals surface area contributed by atoms with Crippen molar-refractivity contribution in [3.05, 3.63) is 23.8 Å². The molecule has 0 saturated carbocycles. The minimum Gasteiger partial charge on any atom is -0.462 e. The van der Waals surface area contributed by atoms with E-state index >= 15 is 0 Å². The molecule has 1 saturated heterocycles. The molecule has 9 nitrogen and oxygen atoms in total. The van der Waals surface area contributed by atoms with E-state index in [1.54, 1.807) is 26.8 Å². The summed E-state index contributed by atoms with van der Waals surface area (Å²) >= 11 is 0. The van der Waals surface area contributed by atoms with Crippen molar-refractivity contribution in [3.8, 4) is 0 Å². The molecule has 1 aliphatic heterocycles. The first-order valence-electron chi connectivity index (χ1n) is 13.2. The lowest BCUT2D eigenvalue weighted by molar-refractivity contribution is -0.161. The first-order valence-corrected chi connectivity index (χ1v) is 14.8. The third kappa shape index (κ3) is 6.87. The van der Waals surface area contributed by atoms with Crippen molar-refractivity contribution in [2.24, 2.45) is 17.8 Å². The van der Waals surface area contributed by atoms with Crippen LogP contribution in [0, 0.1) is 17.8 Å². The fourth-order valence-corrected chi connectivity index (χ4v) is 7.65. The third-order valence-corrected chi connectivity index (χ3v) is 9.93. The van der Waals surface area contributed by atoms with Gasteiger partial charge in [0, 0.05) is 18.8 Å². The summed E-state index contributed by atoms with van der Waals surface area (Å²) in [6.07, 6.45) is 5.61. The van der Waals surface area contributed by atoms with E-state index < -0.39 is 37.5 Å². The summed E-state index contributed by atoms with van der Waals surface area (Å²) in [4.78, 5) is 25.1. The maximum absolute atomic E-state index is 13.3. The molecular weight excluding hydrogens is 487 g/mol. The molecule has 1 heterocycles. The van der Waals surface area contributed by atoms with Crippen LogP contribution in [0.4, 0.5) is 0 Å². The number of aliphatic hydroxyl groups excluding tert-OH is 2. The summed E-state index contributed by atoms with van der Waals surface area (Å²) in [7, 11) is -3.71. The number of aliphatic hydroxyl groups is 2. The van der Waals surface area contributed by atoms with Gasteiger partial charge < -0.3 is 28.7 Å². The van der Waals surface area contributed by atoms with Gasteiger partial charge in [0.1, 0.15) is 12.2 Å². The van der Waals surface area contributed by atoms with E-state index in [1.165, 1.54) is 0 Å². The van der Waals surface area contributed by atoms with Crippen molar-refractivity contribution in [2.75, 3.05) is 13.2 Å². The first kappa shape index (κ1) is 29.1. The largest absolute Gasteiger partial charge is 0.462 e. The van der Waals surface area contributed by atoms with Gasteiger partial charge >= 0.3 is 19.5 Å². The van der Waals surface area contributed by atoms with Crippen molar-refractivity contribution in [1.29, 1.82) is 0 Å². The summed E-state index contributed by atoms with van der Waals surface area (Å²) in [6.45, 7) is 7.51. The minimum absolute atomic E-state index is 0.0242. The van der Waals surface area contributed by atoms with E-state index in [0.717, 1.165) is 5.57 Å². The van der Waals surface area contributed by atoms with Crippen LogP contribution in [0.3, 0.4) is 0 Å². The SMILES string of the molecule is CCOP(=O)(OCC)[C@@H](CC)C(=O)O[C@H]1C[C@@H](O)C=C2C=C[C@H](C)[C@H](CC[C@@H]3C[C@@H](O)CC(=O)O3)[C@H]21. The second-order valence-electron chi connectivity index (χ2n) is 9.94. The molecule has 0 spiro atoms. The summed E-state index contributed by atoms with van der Waals surface area (Å²) in [5.74, 6) is -0.978. The summed E-state index contributed by atoms with van der Waals surface area (Å²) in [6, 6.07) is 0. The van der Waals surface area contributed by atoms with Crippen LogP contribution in [0.25, 0.3) is 0 Å². The van der Waals surface area contributed by atoms with Crippen LogP contribution in [0.2, 0.25) is 0 Å². The molecule has 0 radical (unpaired) electrons. The summed E-state index contributed by atoms with van der Waals surface area (Å²) in [5, 5.41) is 20.5. The molecule has 2 N–H and O–H groups in total. The van der Waals surface area contributed by atoms with Crippen LogP contribution in [-0.4, -0.2) is 65.4 Å². The van der Waals surface area contributed by atoms with Crippen molar-refractivity contribution >= 4 is 19.5 Å². The Balaban J connectivity index is 1.79. The average Bonchev–Trinajstić information content (AvgIpc) is 2.78. The maximum Gasteiger partial charge on any atom is 0.344 e. The Morgan fingerprint density at radius 1 is 1.17 bits per heavy atom. The highest BCUT2D eigenvalue weighted by atomic mass is 31.2. The number of cyclic esters (lactones) is 1. The molecule has 204 valence electrons. The van der Waals surface area contributed by atoms with Crippen molar-refractivity contribution < 1.29 is 42.9 Å². The van der Waals surface area contributed by atoms with Crippen molar-refractivity contribution in [3.63, 3.8) is 0 Å². The van der Waals surface area contributed by atoms with Crippen molar-refractivity contribution in [2.45, 2.75) is 96.3 Å². The van der Waals surface area contributed by atoms with E-state index in [9.17, 15) is 24.4 Å². The molecule has 10 heteroatoms. The lowest BCUT2D eigenvalue weighted by Gasteiger charge is -2.43. The van der Waals surface area contributed by atoms with Gasteiger partial charge in [-0.3, -0.25) is 14.2 Å². The summed E-state index contributed by atoms with van der Waals surface area (Å²) < 4.78 is 35.6. The normalized spacial score (nSPS) is 33.3. The second kappa shape index (κ2) is 12.8. The van der Waals surface area contributed by atoms with Gasteiger partial charge in [-0.15, -0.1) is 0 Å². The van der Waals surface area contributed by atoms with Gasteiger partial charge in [-0.05, 0) is 50.5 Å². The molecule has 0 aromatic rings. The Morgan fingerprint density at radius 2 is 1.86 bits per heavy atom. The molecule has 0 amide bonds. The standard InChI is InChI=1S/C26H41O9P/c1-5-23(36(31,32-6-2)33-7-3)26(30)35-22-14-18(27)12-17-9-8-16(4)21(25(17)22)11-10-20-13-19(28)15-24(29)34-20/h8-9,12,16,18-23,25,27-28H,5-7,10-11,13-15H2,1-4H3/t16-,18-,19+,20+,21-,22-,23-,25-/m0/s1. The third-order valence-electron chi connectivity index (χ3n) is 7.36. The predicted molar refractivity (Wildman–Crippen MR) is 133 cm³/mol. The van der Waals surface area contributed by atoms with Gasteiger partial charge in [0.05, 0.1) is 31.8 Å². The molecule has 3 aliphatic rings. The van der Waals surface area contributed by atoms with Gasteiger partial charge in [-0.2, -0.15) is 0 Å². The Morgan fingerprint density at radius 3 is 2.47 bits per heavy atom. The number of fused-ring (bicyclic) bond motifs is 1. The van der Waals surface area contributed by atoms with E-state index in [2.05, 4.69) is 13.0 Å². The molecule has 8 atom stereocenters. The zero-order valence-corrected chi connectivity index (χ0v) is 22.6. The number of esters is 2. The molecule has 0 aromatic heterocycles. The van der Waals surface area contributed by atoms with Crippen LogP contribution < -0.4 is 0 Å². The molecule has 1 fully saturated rings. The molecule has 0 unspecified atom stereocenters. The van der Waals surface area contributed by atoms with Gasteiger partial charge in [0.2, 0.25) is 0 Å². The maximum atomic E-state index is 13.3. The highest BCUT2D eigenvalue weighted by Crippen LogP contribution is 2.55. The smallest absolute Gasteiger partial charge is 0.344 e. The van der Waals surface area contributed by atoms with Gasteiger partial charge in [0.25, 0.3) is 0 Å². The Kier molecular flexibility index (Phi) is 10.4. The van der Waals surface area contributed by atoms with E-state index in [0.29, 0.717) is 19.3 Å². The Hall–Kier alpha value is -1.51. The molecule has 2 aliphatic carbocycles. The van der Waals surface area contributed by atoms with E-state index in [4.69, 9.17) is 18.5 Å². The van der Waals surface area contributed by atoms with Crippen molar-refractivity contribution in [1.82, 2.24) is 0 Å². The van der Waals surface area contributed by atoms with Gasteiger partial charge in [0.15, 0.2) is 5.66 Å². The summed E-state index contributed by atoms with van der Waals surface area (Å²) in [5.41, 5.74) is -0.150. The fourth-order valence-electron chi connectivity index (χ4n) is 5.73. The number of carbonyl (C=O) groups excluding carboxylic acids is 2. The lowest BCUT2D eigenvalue weighted by atomic mass is 9.66. The van der Waals surface area contributed by atoms with Crippen LogP contribution >= 0.6 is 7.60 Å². The number of hydrogen-bond acceptors (Lipinski definition) is 9. The van der Waals surface area contributed by atoms with Crippen LogP contribution in [-0.2, 0) is 32.7 Å².